The van der Waals surface area contributed by atoms with Gasteiger partial charge in [0.25, 0.3) is 5.91 Å². The van der Waals surface area contributed by atoms with Gasteiger partial charge in [-0.3, -0.25) is 24.0 Å². The molecule has 258 valence electrons. The summed E-state index contributed by atoms with van der Waals surface area (Å²) in [7, 11) is 1.51. The average Bonchev–Trinajstić information content (AvgIpc) is 3.51. The van der Waals surface area contributed by atoms with Crippen molar-refractivity contribution in [2.24, 2.45) is 0 Å². The van der Waals surface area contributed by atoms with Crippen molar-refractivity contribution in [1.82, 2.24) is 35.7 Å². The van der Waals surface area contributed by atoms with Crippen molar-refractivity contribution in [3.8, 4) is 0 Å². The largest absolute Gasteiger partial charge is 0.460 e. The van der Waals surface area contributed by atoms with Crippen LogP contribution in [0.25, 0.3) is 10.8 Å². The molecule has 0 bridgehead atoms. The second kappa shape index (κ2) is 16.7. The number of carbonyl (C=O) groups excluding carboxylic acids is 5. The number of ketones is 1. The van der Waals surface area contributed by atoms with E-state index in [2.05, 4.69) is 42.1 Å². The van der Waals surface area contributed by atoms with E-state index in [4.69, 9.17) is 9.47 Å². The first-order valence-corrected chi connectivity index (χ1v) is 17.0. The number of ether oxygens (including phenoxy) is 2. The molecule has 1 aromatic heterocycles. The van der Waals surface area contributed by atoms with Crippen molar-refractivity contribution in [2.75, 3.05) is 19.0 Å². The standard InChI is InChI=1S/C33H42BrN7O7/c1-33(2,3)48-29(43)18-25(27(42)19-34)36-31(45)26-14-7-8-17-40(26)32(46)24(15-16-28-37-38-39-41(28)20-47-4)35-30(44)23-13-9-11-21-10-5-6-12-22(21)23/h5-6,9-13,24-26H,7-8,14-20H2,1-4H3,(H,35,44)(H,36,45)/t24-,25-,26-/m0/s1. The van der Waals surface area contributed by atoms with Crippen LogP contribution in [0, 0.1) is 0 Å². The molecule has 15 heteroatoms. The number of Topliss-reactive ketones (excluding diaryl/α,β-unsaturated/α-hetero) is 1. The SMILES string of the molecule is COCn1nnnc1CC[C@H](NC(=O)c1cccc2ccccc12)C(=O)N1CCCC[C@H]1C(=O)N[C@@H](CC(=O)OC(C)(C)C)C(=O)CBr. The van der Waals surface area contributed by atoms with Crippen LogP contribution in [-0.2, 0) is 41.8 Å². The number of piperidine rings is 1. The average molecular weight is 729 g/mol. The monoisotopic (exact) mass is 727 g/mol. The highest BCUT2D eigenvalue weighted by molar-refractivity contribution is 9.09. The molecule has 3 amide bonds. The molecule has 0 unspecified atom stereocenters. The zero-order chi connectivity index (χ0) is 34.8. The molecule has 3 atom stereocenters. The van der Waals surface area contributed by atoms with E-state index in [0.717, 1.165) is 10.8 Å². The Hall–Kier alpha value is -4.24. The molecule has 1 saturated heterocycles. The number of hydrogen-bond acceptors (Lipinski definition) is 10. The minimum absolute atomic E-state index is 0.0844. The van der Waals surface area contributed by atoms with E-state index in [1.165, 1.54) is 16.7 Å². The molecule has 4 rings (SSSR count). The molecule has 0 saturated carbocycles. The number of amides is 3. The van der Waals surface area contributed by atoms with Crippen LogP contribution in [0.15, 0.2) is 42.5 Å². The highest BCUT2D eigenvalue weighted by Crippen LogP contribution is 2.22. The van der Waals surface area contributed by atoms with Crippen LogP contribution in [0.2, 0.25) is 0 Å². The highest BCUT2D eigenvalue weighted by atomic mass is 79.9. The molecule has 2 N–H and O–H groups in total. The predicted octanol–water partition coefficient (Wildman–Crippen LogP) is 2.72. The van der Waals surface area contributed by atoms with E-state index >= 15 is 0 Å². The summed E-state index contributed by atoms with van der Waals surface area (Å²) in [5, 5.41) is 18.8. The van der Waals surface area contributed by atoms with Crippen molar-refractivity contribution in [1.29, 1.82) is 0 Å². The minimum Gasteiger partial charge on any atom is -0.460 e. The molecule has 48 heavy (non-hydrogen) atoms. The molecule has 0 spiro atoms. The van der Waals surface area contributed by atoms with E-state index in [-0.39, 0.29) is 37.9 Å². The number of halogens is 1. The number of methoxy groups -OCH3 is 1. The van der Waals surface area contributed by atoms with Crippen LogP contribution in [-0.4, -0.2) is 97.3 Å². The second-order valence-corrected chi connectivity index (χ2v) is 13.2. The van der Waals surface area contributed by atoms with Crippen molar-refractivity contribution >= 4 is 56.2 Å². The number of alkyl halides is 1. The normalized spacial score (nSPS) is 16.2. The van der Waals surface area contributed by atoms with E-state index in [9.17, 15) is 24.0 Å². The Balaban J connectivity index is 1.58. The van der Waals surface area contributed by atoms with Gasteiger partial charge in [-0.2, -0.15) is 0 Å². The molecule has 14 nitrogen and oxygen atoms in total. The van der Waals surface area contributed by atoms with E-state index in [1.54, 1.807) is 32.9 Å². The minimum atomic E-state index is -1.15. The summed E-state index contributed by atoms with van der Waals surface area (Å²) in [6.45, 7) is 5.51. The molecule has 1 aliphatic heterocycles. The number of esters is 1. The number of fused-ring (bicyclic) bond motifs is 1. The number of nitrogens with zero attached hydrogens (tertiary/aromatic N) is 5. The summed E-state index contributed by atoms with van der Waals surface area (Å²) in [6.07, 6.45) is 1.67. The summed E-state index contributed by atoms with van der Waals surface area (Å²) in [4.78, 5) is 68.6. The zero-order valence-electron chi connectivity index (χ0n) is 27.6. The number of aromatic nitrogens is 4. The highest BCUT2D eigenvalue weighted by Gasteiger charge is 2.38. The van der Waals surface area contributed by atoms with Crippen LogP contribution in [0.3, 0.4) is 0 Å². The summed E-state index contributed by atoms with van der Waals surface area (Å²) in [5.41, 5.74) is -0.366. The zero-order valence-corrected chi connectivity index (χ0v) is 29.2. The van der Waals surface area contributed by atoms with Gasteiger partial charge in [0.1, 0.15) is 24.4 Å². The first kappa shape index (κ1) is 36.6. The number of benzene rings is 2. The maximum absolute atomic E-state index is 14.3. The third-order valence-corrected chi connectivity index (χ3v) is 8.42. The quantitative estimate of drug-likeness (QED) is 0.186. The Labute approximate surface area is 287 Å². The van der Waals surface area contributed by atoms with Gasteiger partial charge < -0.3 is 25.0 Å². The topological polar surface area (TPSA) is 175 Å². The van der Waals surface area contributed by atoms with Crippen LogP contribution >= 0.6 is 15.9 Å². The van der Waals surface area contributed by atoms with Gasteiger partial charge in [-0.15, -0.1) is 5.10 Å². The smallest absolute Gasteiger partial charge is 0.308 e. The first-order valence-electron chi connectivity index (χ1n) is 15.9. The fourth-order valence-corrected chi connectivity index (χ4v) is 6.03. The lowest BCUT2D eigenvalue weighted by Crippen LogP contribution is -2.59. The van der Waals surface area contributed by atoms with Crippen molar-refractivity contribution in [3.05, 3.63) is 53.9 Å². The van der Waals surface area contributed by atoms with Gasteiger partial charge >= 0.3 is 5.97 Å². The fourth-order valence-electron chi connectivity index (χ4n) is 5.64. The van der Waals surface area contributed by atoms with E-state index < -0.39 is 53.2 Å². The molecule has 0 aliphatic carbocycles. The van der Waals surface area contributed by atoms with Crippen LogP contribution < -0.4 is 10.6 Å². The van der Waals surface area contributed by atoms with Gasteiger partial charge in [0.15, 0.2) is 11.6 Å². The maximum Gasteiger partial charge on any atom is 0.308 e. The van der Waals surface area contributed by atoms with Crippen molar-refractivity contribution < 1.29 is 33.4 Å². The molecular weight excluding hydrogens is 686 g/mol. The third-order valence-electron chi connectivity index (χ3n) is 7.87. The Kier molecular flexibility index (Phi) is 12.8. The molecule has 3 aromatic rings. The lowest BCUT2D eigenvalue weighted by atomic mass is 9.97. The lowest BCUT2D eigenvalue weighted by Gasteiger charge is -2.37. The van der Waals surface area contributed by atoms with Crippen LogP contribution in [0.5, 0.6) is 0 Å². The summed E-state index contributed by atoms with van der Waals surface area (Å²) in [6, 6.07) is 9.72. The van der Waals surface area contributed by atoms with Gasteiger partial charge in [0, 0.05) is 25.6 Å². The van der Waals surface area contributed by atoms with Gasteiger partial charge in [-0.25, -0.2) is 4.68 Å². The number of aryl methyl sites for hydroxylation is 1. The molecule has 2 heterocycles. The number of carbonyl (C=O) groups is 5. The molecule has 2 aromatic carbocycles. The van der Waals surface area contributed by atoms with Gasteiger partial charge in [0.05, 0.1) is 17.8 Å². The van der Waals surface area contributed by atoms with Crippen LogP contribution in [0.1, 0.15) is 69.1 Å². The number of tetrazole rings is 1. The molecule has 1 aliphatic rings. The van der Waals surface area contributed by atoms with E-state index in [1.807, 2.05) is 30.3 Å². The van der Waals surface area contributed by atoms with Gasteiger partial charge in [-0.1, -0.05) is 52.3 Å². The Morgan fingerprint density at radius 2 is 1.77 bits per heavy atom. The maximum atomic E-state index is 14.3. The second-order valence-electron chi connectivity index (χ2n) is 12.6. The van der Waals surface area contributed by atoms with Crippen molar-refractivity contribution in [3.63, 3.8) is 0 Å². The van der Waals surface area contributed by atoms with Crippen LogP contribution in [0.4, 0.5) is 0 Å². The first-order chi connectivity index (χ1) is 22.9. The third kappa shape index (κ3) is 9.66. The Morgan fingerprint density at radius 1 is 1.02 bits per heavy atom. The Bertz CT molecular complexity index is 1620. The van der Waals surface area contributed by atoms with Gasteiger partial charge in [-0.05, 0) is 73.7 Å². The number of rotatable bonds is 14. The number of hydrogen-bond donors (Lipinski definition) is 2. The summed E-state index contributed by atoms with van der Waals surface area (Å²) in [5.74, 6) is -2.04. The van der Waals surface area contributed by atoms with Crippen molar-refractivity contribution in [2.45, 2.75) is 89.8 Å². The summed E-state index contributed by atoms with van der Waals surface area (Å²) >= 11 is 3.13. The number of likely N-dealkylation sites (tertiary alicyclic amines) is 1. The lowest BCUT2D eigenvalue weighted by molar-refractivity contribution is -0.156. The van der Waals surface area contributed by atoms with Gasteiger partial charge in [0.2, 0.25) is 11.8 Å². The predicted molar refractivity (Wildman–Crippen MR) is 179 cm³/mol. The molecule has 0 radical (unpaired) electrons. The fraction of sp³-hybridized carbons (Fsp3) is 0.515. The Morgan fingerprint density at radius 3 is 2.50 bits per heavy atom. The number of nitrogens with one attached hydrogen (secondary N) is 2. The molecule has 1 fully saturated rings. The molecular formula is C33H42BrN7O7. The van der Waals surface area contributed by atoms with E-state index in [0.29, 0.717) is 30.7 Å². The summed E-state index contributed by atoms with van der Waals surface area (Å²) < 4.78 is 12.0.